The first-order valence-corrected chi connectivity index (χ1v) is 9.12. The Morgan fingerprint density at radius 3 is 2.64 bits per heavy atom. The summed E-state index contributed by atoms with van der Waals surface area (Å²) < 4.78 is 10.8. The number of fused-ring (bicyclic) bond motifs is 1. The number of aliphatic hydroxyl groups excluding tert-OH is 1. The Morgan fingerprint density at radius 1 is 1.21 bits per heavy atom. The smallest absolute Gasteiger partial charge is 0.336 e. The monoisotopic (exact) mass is 381 g/mol. The van der Waals surface area contributed by atoms with Gasteiger partial charge in [-0.3, -0.25) is 4.79 Å². The molecule has 1 amide bonds. The number of ether oxygens (including phenoxy) is 1. The molecule has 0 fully saturated rings. The molecule has 3 rings (SSSR count). The third kappa shape index (κ3) is 4.40. The topological polar surface area (TPSA) is 88.8 Å². The van der Waals surface area contributed by atoms with Gasteiger partial charge in [-0.25, -0.2) is 4.79 Å². The highest BCUT2D eigenvalue weighted by molar-refractivity contribution is 5.94. The van der Waals surface area contributed by atoms with Gasteiger partial charge >= 0.3 is 5.63 Å². The summed E-state index contributed by atoms with van der Waals surface area (Å²) in [6.45, 7) is 1.63. The first-order valence-electron chi connectivity index (χ1n) is 9.12. The number of aryl methyl sites for hydroxylation is 1. The second-order valence-electron chi connectivity index (χ2n) is 6.66. The molecule has 0 saturated carbocycles. The number of hydrogen-bond acceptors (Lipinski definition) is 5. The second-order valence-corrected chi connectivity index (χ2v) is 6.66. The lowest BCUT2D eigenvalue weighted by molar-refractivity contribution is -0.121. The zero-order valence-corrected chi connectivity index (χ0v) is 15.9. The van der Waals surface area contributed by atoms with E-state index in [9.17, 15) is 9.59 Å². The van der Waals surface area contributed by atoms with Crippen molar-refractivity contribution in [2.24, 2.45) is 0 Å². The van der Waals surface area contributed by atoms with Crippen molar-refractivity contribution in [3.8, 4) is 16.9 Å². The van der Waals surface area contributed by atoms with Crippen molar-refractivity contribution in [2.45, 2.75) is 25.8 Å². The van der Waals surface area contributed by atoms with E-state index in [0.29, 0.717) is 17.8 Å². The Hall–Kier alpha value is -3.12. The molecule has 2 N–H and O–H groups in total. The van der Waals surface area contributed by atoms with Gasteiger partial charge in [0.15, 0.2) is 0 Å². The van der Waals surface area contributed by atoms with Crippen LogP contribution in [-0.4, -0.2) is 30.8 Å². The number of aliphatic hydroxyl groups is 1. The molecule has 0 aliphatic carbocycles. The average molecular weight is 381 g/mol. The predicted octanol–water partition coefficient (Wildman–Crippen LogP) is 2.90. The molecule has 6 nitrogen and oxygen atoms in total. The van der Waals surface area contributed by atoms with Crippen molar-refractivity contribution in [3.05, 3.63) is 64.5 Å². The van der Waals surface area contributed by atoms with Gasteiger partial charge in [0.2, 0.25) is 5.91 Å². The summed E-state index contributed by atoms with van der Waals surface area (Å²) in [4.78, 5) is 24.1. The Morgan fingerprint density at radius 2 is 1.96 bits per heavy atom. The van der Waals surface area contributed by atoms with Crippen LogP contribution in [0.5, 0.6) is 5.75 Å². The highest BCUT2D eigenvalue weighted by atomic mass is 16.5. The van der Waals surface area contributed by atoms with Crippen molar-refractivity contribution in [1.29, 1.82) is 0 Å². The van der Waals surface area contributed by atoms with Crippen LogP contribution in [0.25, 0.3) is 22.1 Å². The van der Waals surface area contributed by atoms with Gasteiger partial charge in [-0.05, 0) is 36.1 Å². The highest BCUT2D eigenvalue weighted by Crippen LogP contribution is 2.32. The summed E-state index contributed by atoms with van der Waals surface area (Å²) in [5, 5.41) is 12.6. The number of amides is 1. The van der Waals surface area contributed by atoms with Gasteiger partial charge in [-0.2, -0.15) is 0 Å². The van der Waals surface area contributed by atoms with Crippen LogP contribution in [0.15, 0.2) is 57.7 Å². The normalized spacial score (nSPS) is 12.0. The molecule has 28 heavy (non-hydrogen) atoms. The lowest BCUT2D eigenvalue weighted by Gasteiger charge is -2.13. The Labute approximate surface area is 162 Å². The van der Waals surface area contributed by atoms with Gasteiger partial charge in [0.05, 0.1) is 13.7 Å². The largest absolute Gasteiger partial charge is 0.496 e. The lowest BCUT2D eigenvalue weighted by atomic mass is 9.98. The van der Waals surface area contributed by atoms with Crippen LogP contribution in [0.3, 0.4) is 0 Å². The van der Waals surface area contributed by atoms with Crippen molar-refractivity contribution >= 4 is 16.9 Å². The second kappa shape index (κ2) is 8.71. The van der Waals surface area contributed by atoms with Crippen LogP contribution >= 0.6 is 0 Å². The molecule has 0 radical (unpaired) electrons. The summed E-state index contributed by atoms with van der Waals surface area (Å²) in [6, 6.07) is 14.4. The standard InChI is InChI=1S/C22H23NO5/c1-14(13-24)23-21(25)9-8-16-10-18-17(15-6-4-3-5-7-15)11-22(26)28-20(18)12-19(16)27-2/h3-7,10-12,14,24H,8-9,13H2,1-2H3,(H,23,25). The van der Waals surface area contributed by atoms with E-state index in [2.05, 4.69) is 5.32 Å². The first kappa shape index (κ1) is 19.6. The number of methoxy groups -OCH3 is 1. The van der Waals surface area contributed by atoms with Crippen molar-refractivity contribution in [1.82, 2.24) is 5.32 Å². The minimum atomic E-state index is -0.432. The molecule has 1 heterocycles. The van der Waals surface area contributed by atoms with Crippen LogP contribution in [-0.2, 0) is 11.2 Å². The van der Waals surface area contributed by atoms with Crippen LogP contribution in [0.1, 0.15) is 18.9 Å². The quantitative estimate of drug-likeness (QED) is 0.615. The zero-order chi connectivity index (χ0) is 20.1. The molecule has 0 spiro atoms. The lowest BCUT2D eigenvalue weighted by Crippen LogP contribution is -2.35. The van der Waals surface area contributed by atoms with E-state index < -0.39 is 5.63 Å². The number of hydrogen-bond donors (Lipinski definition) is 2. The van der Waals surface area contributed by atoms with Gasteiger partial charge in [-0.1, -0.05) is 30.3 Å². The van der Waals surface area contributed by atoms with E-state index in [4.69, 9.17) is 14.3 Å². The Kier molecular flexibility index (Phi) is 6.11. The summed E-state index contributed by atoms with van der Waals surface area (Å²) >= 11 is 0. The molecule has 6 heteroatoms. The molecular weight excluding hydrogens is 358 g/mol. The summed E-state index contributed by atoms with van der Waals surface area (Å²) in [7, 11) is 1.54. The molecule has 0 bridgehead atoms. The molecule has 0 aliphatic rings. The Bertz CT molecular complexity index is 1030. The summed E-state index contributed by atoms with van der Waals surface area (Å²) in [5.74, 6) is 0.412. The van der Waals surface area contributed by atoms with Crippen LogP contribution < -0.4 is 15.7 Å². The van der Waals surface area contributed by atoms with E-state index in [1.54, 1.807) is 13.0 Å². The average Bonchev–Trinajstić information content (AvgIpc) is 2.71. The number of benzene rings is 2. The minimum Gasteiger partial charge on any atom is -0.496 e. The highest BCUT2D eigenvalue weighted by Gasteiger charge is 2.14. The fraction of sp³-hybridized carbons (Fsp3) is 0.273. The summed E-state index contributed by atoms with van der Waals surface area (Å²) in [5.41, 5.74) is 2.52. The van der Waals surface area contributed by atoms with Crippen LogP contribution in [0.2, 0.25) is 0 Å². The third-order valence-corrected chi connectivity index (χ3v) is 4.53. The van der Waals surface area contributed by atoms with Crippen molar-refractivity contribution < 1.29 is 19.1 Å². The van der Waals surface area contributed by atoms with Gasteiger partial charge < -0.3 is 19.6 Å². The van der Waals surface area contributed by atoms with Gasteiger partial charge in [0.25, 0.3) is 0 Å². The number of carbonyl (C=O) groups excluding carboxylic acids is 1. The zero-order valence-electron chi connectivity index (χ0n) is 15.9. The van der Waals surface area contributed by atoms with Crippen molar-refractivity contribution in [2.75, 3.05) is 13.7 Å². The third-order valence-electron chi connectivity index (χ3n) is 4.53. The fourth-order valence-electron chi connectivity index (χ4n) is 3.12. The van der Waals surface area contributed by atoms with Gasteiger partial charge in [0.1, 0.15) is 11.3 Å². The number of carbonyl (C=O) groups is 1. The maximum absolute atomic E-state index is 12.1. The molecule has 2 aromatic carbocycles. The number of rotatable bonds is 7. The number of nitrogens with one attached hydrogen (secondary N) is 1. The Balaban J connectivity index is 2.00. The van der Waals surface area contributed by atoms with E-state index in [1.807, 2.05) is 36.4 Å². The molecule has 146 valence electrons. The maximum Gasteiger partial charge on any atom is 0.336 e. The van der Waals surface area contributed by atoms with E-state index in [0.717, 1.165) is 22.1 Å². The summed E-state index contributed by atoms with van der Waals surface area (Å²) in [6.07, 6.45) is 0.708. The minimum absolute atomic E-state index is 0.107. The molecule has 3 aromatic rings. The van der Waals surface area contributed by atoms with Crippen molar-refractivity contribution in [3.63, 3.8) is 0 Å². The maximum atomic E-state index is 12.1. The van der Waals surface area contributed by atoms with E-state index in [1.165, 1.54) is 13.2 Å². The van der Waals surface area contributed by atoms with Crippen LogP contribution in [0.4, 0.5) is 0 Å². The molecule has 1 aromatic heterocycles. The van der Waals surface area contributed by atoms with Gasteiger partial charge in [0, 0.05) is 30.0 Å². The van der Waals surface area contributed by atoms with Crippen LogP contribution in [0, 0.1) is 0 Å². The first-order chi connectivity index (χ1) is 13.5. The molecule has 1 atom stereocenters. The van der Waals surface area contributed by atoms with Gasteiger partial charge in [-0.15, -0.1) is 0 Å². The predicted molar refractivity (Wildman–Crippen MR) is 107 cm³/mol. The molecule has 0 saturated heterocycles. The van der Waals surface area contributed by atoms with E-state index >= 15 is 0 Å². The molecule has 1 unspecified atom stereocenters. The fourth-order valence-corrected chi connectivity index (χ4v) is 3.12. The molecular formula is C22H23NO5. The molecule has 0 aliphatic heterocycles. The van der Waals surface area contributed by atoms with E-state index in [-0.39, 0.29) is 25.0 Å². The SMILES string of the molecule is COc1cc2oc(=O)cc(-c3ccccc3)c2cc1CCC(=O)NC(C)CO.